The molecule has 0 fully saturated rings. The van der Waals surface area contributed by atoms with Gasteiger partial charge in [-0.3, -0.25) is 24.1 Å². The lowest BCUT2D eigenvalue weighted by Crippen LogP contribution is -2.38. The van der Waals surface area contributed by atoms with Crippen LogP contribution in [0, 0.1) is 0 Å². The molecule has 148 valence electrons. The van der Waals surface area contributed by atoms with Crippen LogP contribution in [0.4, 0.5) is 0 Å². The zero-order valence-electron chi connectivity index (χ0n) is 15.5. The molecule has 7 nitrogen and oxygen atoms in total. The van der Waals surface area contributed by atoms with Crippen LogP contribution < -0.4 is 0 Å². The number of unbranched alkanes of at least 4 members (excludes halogenated alkanes) is 2. The third kappa shape index (κ3) is 5.90. The minimum Gasteiger partial charge on any atom is -0.481 e. The molecule has 0 aliphatic heterocycles. The molecule has 2 aromatic carbocycles. The van der Waals surface area contributed by atoms with E-state index in [-0.39, 0.29) is 25.8 Å². The lowest BCUT2D eigenvalue weighted by molar-refractivity contribution is -0.140. The maximum atomic E-state index is 13.1. The van der Waals surface area contributed by atoms with Crippen molar-refractivity contribution in [3.05, 3.63) is 48.0 Å². The third-order valence-electron chi connectivity index (χ3n) is 4.39. The first kappa shape index (κ1) is 21.1. The van der Waals surface area contributed by atoms with Crippen LogP contribution in [0.1, 0.15) is 48.9 Å². The van der Waals surface area contributed by atoms with Gasteiger partial charge in [-0.2, -0.15) is 0 Å². The lowest BCUT2D eigenvalue weighted by Gasteiger charge is -2.21. The Morgan fingerprint density at radius 3 is 2.14 bits per heavy atom. The van der Waals surface area contributed by atoms with Crippen LogP contribution in [-0.4, -0.2) is 45.4 Å². The van der Waals surface area contributed by atoms with Crippen LogP contribution in [-0.2, 0) is 14.4 Å². The third-order valence-corrected chi connectivity index (χ3v) is 4.39. The first-order valence-corrected chi connectivity index (χ1v) is 9.16. The Labute approximate surface area is 162 Å². The number of carbonyl (C=O) groups is 4. The van der Waals surface area contributed by atoms with Gasteiger partial charge < -0.3 is 10.2 Å². The molecule has 0 spiro atoms. The molecule has 0 bridgehead atoms. The number of hydrogen-bond acceptors (Lipinski definition) is 4. The van der Waals surface area contributed by atoms with E-state index < -0.39 is 23.8 Å². The van der Waals surface area contributed by atoms with Crippen molar-refractivity contribution in [2.45, 2.75) is 38.5 Å². The molecule has 0 aromatic heterocycles. The predicted molar refractivity (Wildman–Crippen MR) is 103 cm³/mol. The van der Waals surface area contributed by atoms with Crippen molar-refractivity contribution < 1.29 is 29.4 Å². The highest BCUT2D eigenvalue weighted by atomic mass is 16.4. The molecule has 28 heavy (non-hydrogen) atoms. The molecule has 0 aliphatic rings. The highest BCUT2D eigenvalue weighted by Crippen LogP contribution is 2.21. The second kappa shape index (κ2) is 10.2. The average molecular weight is 385 g/mol. The number of imide groups is 1. The van der Waals surface area contributed by atoms with Gasteiger partial charge in [0.2, 0.25) is 5.91 Å². The Balaban J connectivity index is 2.18. The zero-order chi connectivity index (χ0) is 20.5. The number of aliphatic carboxylic acids is 2. The summed E-state index contributed by atoms with van der Waals surface area (Å²) in [6.45, 7) is 0.125. The van der Waals surface area contributed by atoms with Gasteiger partial charge in [0.1, 0.15) is 0 Å². The first-order valence-electron chi connectivity index (χ1n) is 9.16. The average Bonchev–Trinajstić information content (AvgIpc) is 2.67. The molecular weight excluding hydrogens is 362 g/mol. The Hall–Kier alpha value is -3.22. The summed E-state index contributed by atoms with van der Waals surface area (Å²) < 4.78 is 0. The van der Waals surface area contributed by atoms with Gasteiger partial charge in [0, 0.05) is 24.9 Å². The SMILES string of the molecule is O=C(O)CCCCCN(C(=O)CCC(=O)O)C(=O)c1cccc2ccccc12. The molecule has 0 atom stereocenters. The lowest BCUT2D eigenvalue weighted by atomic mass is 10.0. The van der Waals surface area contributed by atoms with Crippen molar-refractivity contribution in [3.8, 4) is 0 Å². The zero-order valence-corrected chi connectivity index (χ0v) is 15.5. The van der Waals surface area contributed by atoms with Gasteiger partial charge in [0.05, 0.1) is 6.42 Å². The van der Waals surface area contributed by atoms with Gasteiger partial charge in [-0.05, 0) is 29.7 Å². The monoisotopic (exact) mass is 385 g/mol. The Morgan fingerprint density at radius 1 is 0.750 bits per heavy atom. The van der Waals surface area contributed by atoms with Gasteiger partial charge >= 0.3 is 11.9 Å². The van der Waals surface area contributed by atoms with E-state index in [9.17, 15) is 19.2 Å². The topological polar surface area (TPSA) is 112 Å². The van der Waals surface area contributed by atoms with E-state index in [0.717, 1.165) is 15.7 Å². The van der Waals surface area contributed by atoms with Crippen LogP contribution in [0.5, 0.6) is 0 Å². The number of nitrogens with zero attached hydrogens (tertiary/aromatic N) is 1. The van der Waals surface area contributed by atoms with Gasteiger partial charge in [0.25, 0.3) is 5.91 Å². The number of rotatable bonds is 10. The molecule has 2 rings (SSSR count). The van der Waals surface area contributed by atoms with Gasteiger partial charge in [0.15, 0.2) is 0 Å². The number of carboxylic acids is 2. The van der Waals surface area contributed by atoms with E-state index in [4.69, 9.17) is 10.2 Å². The maximum absolute atomic E-state index is 13.1. The number of amides is 2. The molecule has 0 unspecified atom stereocenters. The predicted octanol–water partition coefficient (Wildman–Crippen LogP) is 3.32. The Morgan fingerprint density at radius 2 is 1.43 bits per heavy atom. The summed E-state index contributed by atoms with van der Waals surface area (Å²) in [6, 6.07) is 12.6. The van der Waals surface area contributed by atoms with Crippen LogP contribution in [0.3, 0.4) is 0 Å². The molecule has 0 saturated heterocycles. The van der Waals surface area contributed by atoms with Crippen molar-refractivity contribution in [1.82, 2.24) is 4.90 Å². The molecule has 0 aliphatic carbocycles. The highest BCUT2D eigenvalue weighted by Gasteiger charge is 2.24. The summed E-state index contributed by atoms with van der Waals surface area (Å²) in [5, 5.41) is 19.1. The molecule has 2 N–H and O–H groups in total. The van der Waals surface area contributed by atoms with Crippen molar-refractivity contribution >= 4 is 34.5 Å². The van der Waals surface area contributed by atoms with E-state index >= 15 is 0 Å². The van der Waals surface area contributed by atoms with Gasteiger partial charge in [-0.25, -0.2) is 0 Å². The van der Waals surface area contributed by atoms with Gasteiger partial charge in [-0.1, -0.05) is 42.8 Å². The minimum absolute atomic E-state index is 0.0320. The van der Waals surface area contributed by atoms with Gasteiger partial charge in [-0.15, -0.1) is 0 Å². The van der Waals surface area contributed by atoms with Crippen LogP contribution in [0.2, 0.25) is 0 Å². The summed E-state index contributed by atoms with van der Waals surface area (Å²) >= 11 is 0. The molecule has 2 aromatic rings. The maximum Gasteiger partial charge on any atom is 0.303 e. The standard InChI is InChI=1S/C21H23NO6/c23-18(12-13-20(26)27)22(14-5-1-2-11-19(24)25)21(28)17-10-6-8-15-7-3-4-9-16(15)17/h3-4,6-10H,1-2,5,11-14H2,(H,24,25)(H,26,27). The fraction of sp³-hybridized carbons (Fsp3) is 0.333. The van der Waals surface area contributed by atoms with E-state index in [0.29, 0.717) is 24.8 Å². The second-order valence-corrected chi connectivity index (χ2v) is 6.48. The fourth-order valence-corrected chi connectivity index (χ4v) is 2.97. The molecule has 7 heteroatoms. The molecule has 0 radical (unpaired) electrons. The number of carbonyl (C=O) groups excluding carboxylic acids is 2. The van der Waals surface area contributed by atoms with E-state index in [1.807, 2.05) is 24.3 Å². The van der Waals surface area contributed by atoms with Crippen molar-refractivity contribution in [2.75, 3.05) is 6.54 Å². The van der Waals surface area contributed by atoms with Crippen LogP contribution >= 0.6 is 0 Å². The summed E-state index contributed by atoms with van der Waals surface area (Å²) in [5.74, 6) is -3.00. The number of hydrogen-bond donors (Lipinski definition) is 2. The molecular formula is C21H23NO6. The molecule has 2 amide bonds. The fourth-order valence-electron chi connectivity index (χ4n) is 2.97. The quantitative estimate of drug-likeness (QED) is 0.607. The van der Waals surface area contributed by atoms with E-state index in [2.05, 4.69) is 0 Å². The summed E-state index contributed by atoms with van der Waals surface area (Å²) in [7, 11) is 0. The van der Waals surface area contributed by atoms with Crippen LogP contribution in [0.15, 0.2) is 42.5 Å². The number of fused-ring (bicyclic) bond motifs is 1. The smallest absolute Gasteiger partial charge is 0.303 e. The largest absolute Gasteiger partial charge is 0.481 e. The first-order chi connectivity index (χ1) is 13.4. The highest BCUT2D eigenvalue weighted by molar-refractivity contribution is 6.12. The second-order valence-electron chi connectivity index (χ2n) is 6.48. The van der Waals surface area contributed by atoms with Crippen molar-refractivity contribution in [1.29, 1.82) is 0 Å². The minimum atomic E-state index is -1.10. The van der Waals surface area contributed by atoms with E-state index in [1.165, 1.54) is 0 Å². The molecule has 0 heterocycles. The summed E-state index contributed by atoms with van der Waals surface area (Å²) in [4.78, 5) is 48.1. The van der Waals surface area contributed by atoms with Crippen molar-refractivity contribution in [3.63, 3.8) is 0 Å². The van der Waals surface area contributed by atoms with Crippen LogP contribution in [0.25, 0.3) is 10.8 Å². The van der Waals surface area contributed by atoms with E-state index in [1.54, 1.807) is 18.2 Å². The summed E-state index contributed by atoms with van der Waals surface area (Å²) in [5.41, 5.74) is 0.382. The van der Waals surface area contributed by atoms with Crippen molar-refractivity contribution in [2.24, 2.45) is 0 Å². The number of carboxylic acid groups (broad SMARTS) is 2. The Bertz CT molecular complexity index is 871. The Kier molecular flexibility index (Phi) is 7.68. The normalized spacial score (nSPS) is 10.6. The molecule has 0 saturated carbocycles. The number of benzene rings is 2. The summed E-state index contributed by atoms with van der Waals surface area (Å²) in [6.07, 6.45) is 0.887.